The number of amides is 1. The molecule has 1 atom stereocenters. The highest BCUT2D eigenvalue weighted by Gasteiger charge is 2.24. The first-order chi connectivity index (χ1) is 9.57. The zero-order valence-electron chi connectivity index (χ0n) is 13.6. The van der Waals surface area contributed by atoms with Crippen molar-refractivity contribution in [3.63, 3.8) is 0 Å². The maximum Gasteiger partial charge on any atom is 0.240 e. The monoisotopic (exact) mass is 294 g/mol. The Bertz CT molecular complexity index is 521. The molecule has 1 amide bonds. The van der Waals surface area contributed by atoms with E-state index in [-0.39, 0.29) is 11.3 Å². The van der Waals surface area contributed by atoms with Crippen molar-refractivity contribution in [3.8, 4) is 0 Å². The summed E-state index contributed by atoms with van der Waals surface area (Å²) < 4.78 is 0. The number of rotatable bonds is 5. The van der Waals surface area contributed by atoms with Gasteiger partial charge in [-0.25, -0.2) is 15.8 Å². The Morgan fingerprint density at radius 3 is 2.10 bits per heavy atom. The van der Waals surface area contributed by atoms with Crippen molar-refractivity contribution in [1.29, 1.82) is 0 Å². The summed E-state index contributed by atoms with van der Waals surface area (Å²) >= 11 is 0. The van der Waals surface area contributed by atoms with Gasteiger partial charge < -0.3 is 16.5 Å². The van der Waals surface area contributed by atoms with E-state index < -0.39 is 11.9 Å². The number of carbonyl (C=O) groups is 1. The second-order valence-corrected chi connectivity index (χ2v) is 6.53. The summed E-state index contributed by atoms with van der Waals surface area (Å²) in [5.41, 5.74) is 8.52. The summed E-state index contributed by atoms with van der Waals surface area (Å²) in [5, 5.41) is 3.11. The molecule has 0 aliphatic heterocycles. The minimum Gasteiger partial charge on any atom is -0.368 e. The average Bonchev–Trinajstić information content (AvgIpc) is 2.35. The van der Waals surface area contributed by atoms with Gasteiger partial charge in [0, 0.05) is 11.0 Å². The number of nitrogen functional groups attached to an aromatic ring is 1. The average molecular weight is 294 g/mol. The first-order valence-electron chi connectivity index (χ1n) is 6.99. The second-order valence-electron chi connectivity index (χ2n) is 6.53. The number of carbonyl (C=O) groups excluding carboxylic acids is 1. The Balaban J connectivity index is 3.31. The molecule has 0 bridgehead atoms. The van der Waals surface area contributed by atoms with Crippen LogP contribution in [0.2, 0.25) is 0 Å². The van der Waals surface area contributed by atoms with Gasteiger partial charge in [-0.2, -0.15) is 0 Å². The Labute approximate surface area is 125 Å². The fourth-order valence-corrected chi connectivity index (χ4v) is 1.85. The quantitative estimate of drug-likeness (QED) is 0.480. The van der Waals surface area contributed by atoms with Crippen LogP contribution in [0.25, 0.3) is 0 Å². The standard InChI is InChI=1S/C14H26N6O/c1-7(2)9(10(15)21)17-11-8(3)12(20-16)19-13(18-11)14(4,5)6/h7,9H,16H2,1-6H3,(H2,15,21)(H2,17,18,19,20). The lowest BCUT2D eigenvalue weighted by atomic mass is 9.95. The fraction of sp³-hybridized carbons (Fsp3) is 0.643. The van der Waals surface area contributed by atoms with E-state index in [4.69, 9.17) is 11.6 Å². The molecule has 7 nitrogen and oxygen atoms in total. The molecule has 6 N–H and O–H groups in total. The van der Waals surface area contributed by atoms with E-state index in [1.807, 2.05) is 41.5 Å². The van der Waals surface area contributed by atoms with Gasteiger partial charge in [-0.05, 0) is 12.8 Å². The smallest absolute Gasteiger partial charge is 0.240 e. The molecule has 0 spiro atoms. The van der Waals surface area contributed by atoms with Crippen molar-refractivity contribution < 1.29 is 4.79 Å². The van der Waals surface area contributed by atoms with Crippen LogP contribution >= 0.6 is 0 Å². The molecule has 1 rings (SSSR count). The lowest BCUT2D eigenvalue weighted by Gasteiger charge is -2.24. The van der Waals surface area contributed by atoms with Crippen LogP contribution in [0.3, 0.4) is 0 Å². The molecule has 0 radical (unpaired) electrons. The van der Waals surface area contributed by atoms with Gasteiger partial charge >= 0.3 is 0 Å². The van der Waals surface area contributed by atoms with Crippen LogP contribution in [0.1, 0.15) is 46.0 Å². The van der Waals surface area contributed by atoms with E-state index in [1.54, 1.807) is 0 Å². The lowest BCUT2D eigenvalue weighted by molar-refractivity contribution is -0.119. The van der Waals surface area contributed by atoms with Crippen LogP contribution in [-0.2, 0) is 10.2 Å². The van der Waals surface area contributed by atoms with E-state index in [0.717, 1.165) is 5.56 Å². The molecule has 0 aromatic carbocycles. The van der Waals surface area contributed by atoms with Crippen molar-refractivity contribution in [2.24, 2.45) is 17.5 Å². The molecule has 1 unspecified atom stereocenters. The summed E-state index contributed by atoms with van der Waals surface area (Å²) in [6.45, 7) is 11.7. The highest BCUT2D eigenvalue weighted by Crippen LogP contribution is 2.26. The maximum atomic E-state index is 11.6. The third-order valence-corrected chi connectivity index (χ3v) is 3.22. The Morgan fingerprint density at radius 1 is 1.19 bits per heavy atom. The van der Waals surface area contributed by atoms with Gasteiger partial charge in [-0.15, -0.1) is 0 Å². The Morgan fingerprint density at radius 2 is 1.71 bits per heavy atom. The number of hydrogen-bond donors (Lipinski definition) is 4. The molecule has 7 heteroatoms. The Kier molecular flexibility index (Phi) is 5.11. The normalized spacial score (nSPS) is 13.1. The van der Waals surface area contributed by atoms with Crippen molar-refractivity contribution >= 4 is 17.5 Å². The minimum atomic E-state index is -0.503. The van der Waals surface area contributed by atoms with Crippen LogP contribution in [-0.4, -0.2) is 21.9 Å². The second kappa shape index (κ2) is 6.26. The Hall–Kier alpha value is -1.89. The third kappa shape index (κ3) is 4.04. The topological polar surface area (TPSA) is 119 Å². The summed E-state index contributed by atoms with van der Waals surface area (Å²) in [7, 11) is 0. The van der Waals surface area contributed by atoms with Crippen molar-refractivity contribution in [3.05, 3.63) is 11.4 Å². The molecule has 0 aliphatic rings. The predicted molar refractivity (Wildman–Crippen MR) is 84.7 cm³/mol. The van der Waals surface area contributed by atoms with Crippen LogP contribution < -0.4 is 22.3 Å². The molecular weight excluding hydrogens is 268 g/mol. The van der Waals surface area contributed by atoms with Crippen molar-refractivity contribution in [1.82, 2.24) is 9.97 Å². The van der Waals surface area contributed by atoms with Crippen LogP contribution in [0.4, 0.5) is 11.6 Å². The predicted octanol–water partition coefficient (Wildman–Crippen LogP) is 1.29. The maximum absolute atomic E-state index is 11.6. The van der Waals surface area contributed by atoms with Gasteiger partial charge in [0.2, 0.25) is 5.91 Å². The van der Waals surface area contributed by atoms with Crippen LogP contribution in [0, 0.1) is 12.8 Å². The third-order valence-electron chi connectivity index (χ3n) is 3.22. The number of hydrazine groups is 1. The molecular formula is C14H26N6O. The number of primary amides is 1. The van der Waals surface area contributed by atoms with Crippen LogP contribution in [0.5, 0.6) is 0 Å². The molecule has 1 aromatic rings. The molecule has 21 heavy (non-hydrogen) atoms. The number of hydrogen-bond acceptors (Lipinski definition) is 6. The van der Waals surface area contributed by atoms with Gasteiger partial charge in [0.15, 0.2) is 0 Å². The summed E-state index contributed by atoms with van der Waals surface area (Å²) in [5.74, 6) is 6.89. The molecule has 0 saturated heterocycles. The summed E-state index contributed by atoms with van der Waals surface area (Å²) in [6.07, 6.45) is 0. The van der Waals surface area contributed by atoms with Crippen LogP contribution in [0.15, 0.2) is 0 Å². The number of nitrogens with two attached hydrogens (primary N) is 2. The first-order valence-corrected chi connectivity index (χ1v) is 6.99. The minimum absolute atomic E-state index is 0.0456. The summed E-state index contributed by atoms with van der Waals surface area (Å²) in [4.78, 5) is 20.5. The van der Waals surface area contributed by atoms with Gasteiger partial charge in [0.25, 0.3) is 0 Å². The lowest BCUT2D eigenvalue weighted by Crippen LogP contribution is -2.40. The highest BCUT2D eigenvalue weighted by molar-refractivity contribution is 5.83. The molecule has 118 valence electrons. The molecule has 1 aromatic heterocycles. The van der Waals surface area contributed by atoms with Gasteiger partial charge in [-0.3, -0.25) is 4.79 Å². The van der Waals surface area contributed by atoms with E-state index in [1.165, 1.54) is 0 Å². The number of anilines is 2. The van der Waals surface area contributed by atoms with E-state index in [0.29, 0.717) is 17.5 Å². The highest BCUT2D eigenvalue weighted by atomic mass is 16.1. The van der Waals surface area contributed by atoms with Gasteiger partial charge in [-0.1, -0.05) is 34.6 Å². The van der Waals surface area contributed by atoms with Crippen molar-refractivity contribution in [2.45, 2.75) is 53.0 Å². The van der Waals surface area contributed by atoms with Gasteiger partial charge in [0.05, 0.1) is 0 Å². The zero-order valence-corrected chi connectivity index (χ0v) is 13.6. The summed E-state index contributed by atoms with van der Waals surface area (Å²) in [6, 6.07) is -0.503. The largest absolute Gasteiger partial charge is 0.368 e. The fourth-order valence-electron chi connectivity index (χ4n) is 1.85. The van der Waals surface area contributed by atoms with Gasteiger partial charge in [0.1, 0.15) is 23.5 Å². The molecule has 0 fully saturated rings. The molecule has 0 aliphatic carbocycles. The SMILES string of the molecule is Cc1c(NN)nc(C(C)(C)C)nc1NC(C(N)=O)C(C)C. The number of nitrogens with one attached hydrogen (secondary N) is 2. The van der Waals surface area contributed by atoms with E-state index in [9.17, 15) is 4.79 Å². The van der Waals surface area contributed by atoms with E-state index >= 15 is 0 Å². The first kappa shape index (κ1) is 17.2. The molecule has 0 saturated carbocycles. The van der Waals surface area contributed by atoms with Crippen molar-refractivity contribution in [2.75, 3.05) is 10.7 Å². The number of nitrogens with zero attached hydrogens (tertiary/aromatic N) is 2. The van der Waals surface area contributed by atoms with E-state index in [2.05, 4.69) is 20.7 Å². The number of aromatic nitrogens is 2. The molecule has 1 heterocycles. The zero-order chi connectivity index (χ0) is 16.4.